The zero-order valence-corrected chi connectivity index (χ0v) is 24.6. The first kappa shape index (κ1) is 28.6. The fourth-order valence-electron chi connectivity index (χ4n) is 5.45. The van der Waals surface area contributed by atoms with Gasteiger partial charge in [-0.1, -0.05) is 48.5 Å². The number of fused-ring (bicyclic) bond motifs is 2. The molecule has 220 valence electrons. The molecule has 0 fully saturated rings. The summed E-state index contributed by atoms with van der Waals surface area (Å²) in [6.45, 7) is 3.91. The summed E-state index contributed by atoms with van der Waals surface area (Å²) in [6, 6.07) is 24.2. The largest absolute Gasteiger partial charge is 0.356 e. The lowest BCUT2D eigenvalue weighted by Crippen LogP contribution is -2.12. The average molecular weight is 585 g/mol. The summed E-state index contributed by atoms with van der Waals surface area (Å²) in [4.78, 5) is 44.1. The maximum atomic E-state index is 12.3. The van der Waals surface area contributed by atoms with Crippen LogP contribution in [-0.2, 0) is 32.1 Å². The van der Waals surface area contributed by atoms with Gasteiger partial charge in [0.2, 0.25) is 0 Å². The number of nitrogens with zero attached hydrogens (tertiary/aromatic N) is 2. The monoisotopic (exact) mass is 584 g/mol. The van der Waals surface area contributed by atoms with Gasteiger partial charge in [-0.3, -0.25) is 0 Å². The quantitative estimate of drug-likeness (QED) is 0.168. The second-order valence-electron chi connectivity index (χ2n) is 10.9. The van der Waals surface area contributed by atoms with Crippen molar-refractivity contribution in [2.45, 2.75) is 39.5 Å². The number of anilines is 2. The van der Waals surface area contributed by atoms with Crippen LogP contribution in [-0.4, -0.2) is 21.9 Å². The van der Waals surface area contributed by atoms with E-state index in [2.05, 4.69) is 69.5 Å². The molecular formula is C36H32N4O4. The molecule has 4 aromatic rings. The summed E-state index contributed by atoms with van der Waals surface area (Å²) in [5.74, 6) is -0.775. The van der Waals surface area contributed by atoms with Crippen molar-refractivity contribution >= 4 is 46.9 Å². The van der Waals surface area contributed by atoms with Crippen LogP contribution in [0.1, 0.15) is 57.6 Å². The van der Waals surface area contributed by atoms with Gasteiger partial charge in [-0.15, -0.1) is 0 Å². The molecule has 44 heavy (non-hydrogen) atoms. The summed E-state index contributed by atoms with van der Waals surface area (Å²) in [6.07, 6.45) is 9.89. The van der Waals surface area contributed by atoms with Crippen molar-refractivity contribution in [2.24, 2.45) is 0 Å². The van der Waals surface area contributed by atoms with Gasteiger partial charge in [0.25, 0.3) is 0 Å². The predicted octanol–water partition coefficient (Wildman–Crippen LogP) is 7.06. The fraction of sp³-hybridized carbons (Fsp3) is 0.167. The highest BCUT2D eigenvalue weighted by molar-refractivity contribution is 5.92. The third-order valence-corrected chi connectivity index (χ3v) is 7.56. The summed E-state index contributed by atoms with van der Waals surface area (Å²) < 4.78 is 0. The van der Waals surface area contributed by atoms with Crippen LogP contribution in [0, 0.1) is 13.8 Å². The Bertz CT molecular complexity index is 1710. The van der Waals surface area contributed by atoms with E-state index in [1.54, 1.807) is 12.1 Å². The van der Waals surface area contributed by atoms with E-state index in [-0.39, 0.29) is 0 Å². The third-order valence-electron chi connectivity index (χ3n) is 7.56. The van der Waals surface area contributed by atoms with Gasteiger partial charge in [0.15, 0.2) is 11.6 Å². The van der Waals surface area contributed by atoms with Crippen molar-refractivity contribution in [3.05, 3.63) is 130 Å². The van der Waals surface area contributed by atoms with Crippen LogP contribution in [0.4, 0.5) is 11.6 Å². The Morgan fingerprint density at radius 3 is 1.52 bits per heavy atom. The number of nitrogens with one attached hydrogen (secondary N) is 2. The Hall–Kier alpha value is -5.50. The van der Waals surface area contributed by atoms with Crippen LogP contribution < -0.4 is 11.0 Å². The second kappa shape index (κ2) is 12.8. The molecule has 0 spiro atoms. The number of rotatable bonds is 8. The Labute approximate surface area is 256 Å². The number of pyridine rings is 2. The van der Waals surface area contributed by atoms with E-state index in [4.69, 9.17) is 9.68 Å². The highest BCUT2D eigenvalue weighted by Crippen LogP contribution is 2.31. The van der Waals surface area contributed by atoms with Crippen LogP contribution in [0.2, 0.25) is 0 Å². The maximum Gasteiger partial charge on any atom is 0.356 e. The van der Waals surface area contributed by atoms with Crippen LogP contribution in [0.25, 0.3) is 23.3 Å². The molecular weight excluding hydrogens is 552 g/mol. The molecule has 0 saturated carbocycles. The molecule has 0 saturated heterocycles. The van der Waals surface area contributed by atoms with Crippen molar-refractivity contribution in [3.63, 3.8) is 0 Å². The van der Waals surface area contributed by atoms with Crippen LogP contribution in [0.5, 0.6) is 0 Å². The number of hydrogen-bond donors (Lipinski definition) is 2. The van der Waals surface area contributed by atoms with Crippen molar-refractivity contribution < 1.29 is 19.3 Å². The number of carbonyl (C=O) groups excluding carboxylic acids is 2. The normalized spacial score (nSPS) is 13.7. The molecule has 2 aromatic heterocycles. The lowest BCUT2D eigenvalue weighted by atomic mass is 9.90. The van der Waals surface area contributed by atoms with Gasteiger partial charge in [-0.25, -0.2) is 30.5 Å². The summed E-state index contributed by atoms with van der Waals surface area (Å²) in [7, 11) is 0. The topological polar surface area (TPSA) is 102 Å². The van der Waals surface area contributed by atoms with Gasteiger partial charge in [-0.2, -0.15) is 0 Å². The Balaban J connectivity index is 1.03. The number of benzene rings is 2. The van der Waals surface area contributed by atoms with Crippen molar-refractivity contribution in [3.8, 4) is 0 Å². The van der Waals surface area contributed by atoms with Crippen LogP contribution in [0.3, 0.4) is 0 Å². The van der Waals surface area contributed by atoms with Crippen molar-refractivity contribution in [1.29, 1.82) is 0 Å². The lowest BCUT2D eigenvalue weighted by molar-refractivity contribution is -0.137. The van der Waals surface area contributed by atoms with Gasteiger partial charge in [0.1, 0.15) is 0 Å². The molecule has 2 aliphatic rings. The summed E-state index contributed by atoms with van der Waals surface area (Å²) in [5.41, 5.74) is 16.0. The van der Waals surface area contributed by atoms with E-state index in [0.717, 1.165) is 71.5 Å². The molecule has 0 amide bonds. The molecule has 2 heterocycles. The van der Waals surface area contributed by atoms with Gasteiger partial charge in [0.05, 0.1) is 11.4 Å². The Morgan fingerprint density at radius 2 is 1.07 bits per heavy atom. The molecule has 0 bridgehead atoms. The average Bonchev–Trinajstić information content (AvgIpc) is 3.04. The second-order valence-corrected chi connectivity index (χ2v) is 10.9. The molecule has 0 atom stereocenters. The number of aryl methyl sites for hydroxylation is 4. The maximum absolute atomic E-state index is 12.3. The van der Waals surface area contributed by atoms with E-state index in [1.807, 2.05) is 38.1 Å². The minimum absolute atomic E-state index is 0.392. The van der Waals surface area contributed by atoms with Gasteiger partial charge in [0, 0.05) is 12.2 Å². The number of allylic oxidation sites excluding steroid dienone is 2. The highest BCUT2D eigenvalue weighted by Gasteiger charge is 2.15. The number of carbonyl (C=O) groups is 2. The predicted molar refractivity (Wildman–Crippen MR) is 172 cm³/mol. The standard InChI is InChI=1S/C36H32N4O4/c1-23-17-31(29-13-11-25-7-3-5-9-27(25)21-29)37-33(19-23)39-43-35(41)15-16-36(42)44-40-34-20-24(2)18-32(38-34)30-14-12-26-8-4-6-10-28(26)22-30/h3-10,15-22H,11-14H2,1-2H3,(H,37,39)(H,38,40)/b16-15+. The van der Waals surface area contributed by atoms with E-state index >= 15 is 0 Å². The highest BCUT2D eigenvalue weighted by atomic mass is 16.7. The van der Waals surface area contributed by atoms with Gasteiger partial charge < -0.3 is 9.68 Å². The van der Waals surface area contributed by atoms with E-state index < -0.39 is 11.9 Å². The van der Waals surface area contributed by atoms with Crippen molar-refractivity contribution in [1.82, 2.24) is 9.97 Å². The number of aromatic nitrogens is 2. The van der Waals surface area contributed by atoms with E-state index in [0.29, 0.717) is 11.6 Å². The Morgan fingerprint density at radius 1 is 0.636 bits per heavy atom. The Kier molecular flexibility index (Phi) is 8.32. The molecule has 6 rings (SSSR count). The van der Waals surface area contributed by atoms with Gasteiger partial charge >= 0.3 is 11.9 Å². The van der Waals surface area contributed by atoms with Crippen LogP contribution >= 0.6 is 0 Å². The first-order valence-electron chi connectivity index (χ1n) is 14.6. The van der Waals surface area contributed by atoms with E-state index in [9.17, 15) is 9.59 Å². The smallest absolute Gasteiger partial charge is 0.337 e. The number of hydrogen-bond acceptors (Lipinski definition) is 8. The van der Waals surface area contributed by atoms with Gasteiger partial charge in [-0.05, 0) is 120 Å². The summed E-state index contributed by atoms with van der Waals surface area (Å²) in [5, 5.41) is 0. The first-order valence-corrected chi connectivity index (χ1v) is 14.6. The minimum Gasteiger partial charge on any atom is -0.337 e. The zero-order valence-electron chi connectivity index (χ0n) is 24.6. The third kappa shape index (κ3) is 6.93. The molecule has 2 aromatic carbocycles. The SMILES string of the molecule is Cc1cc(NOC(=O)/C=C/C(=O)ONc2cc(C)cc(C3=Cc4ccccc4CC3)n2)nc(C2=Cc3ccccc3CC2)c1. The molecule has 2 N–H and O–H groups in total. The first-order chi connectivity index (χ1) is 21.4. The molecule has 8 heteroatoms. The zero-order chi connectivity index (χ0) is 30.5. The summed E-state index contributed by atoms with van der Waals surface area (Å²) >= 11 is 0. The molecule has 0 radical (unpaired) electrons. The van der Waals surface area contributed by atoms with Crippen LogP contribution in [0.15, 0.2) is 84.9 Å². The molecule has 0 unspecified atom stereocenters. The molecule has 0 aliphatic heterocycles. The molecule has 8 nitrogen and oxygen atoms in total. The van der Waals surface area contributed by atoms with Crippen molar-refractivity contribution in [2.75, 3.05) is 11.0 Å². The lowest BCUT2D eigenvalue weighted by Gasteiger charge is -2.17. The molecule has 2 aliphatic carbocycles. The van der Waals surface area contributed by atoms with E-state index in [1.165, 1.54) is 22.3 Å². The fourth-order valence-corrected chi connectivity index (χ4v) is 5.45. The minimum atomic E-state index is -0.780.